The summed E-state index contributed by atoms with van der Waals surface area (Å²) in [6.07, 6.45) is 12.0. The van der Waals surface area contributed by atoms with Gasteiger partial charge in [0.25, 0.3) is 0 Å². The number of nitrogens with zero attached hydrogens (tertiary/aromatic N) is 1. The molecule has 2 rings (SSSR count). The van der Waals surface area contributed by atoms with Crippen LogP contribution in [0.2, 0.25) is 0 Å². The fraction of sp³-hybridized carbons (Fsp3) is 0.769. The first-order valence-corrected chi connectivity index (χ1v) is 6.55. The number of nitrogens with two attached hydrogens (primary N) is 1. The monoisotopic (exact) mass is 222 g/mol. The second-order valence-electron chi connectivity index (χ2n) is 4.79. The molecule has 3 heteroatoms. The lowest BCUT2D eigenvalue weighted by molar-refractivity contribution is 0.377. The van der Waals surface area contributed by atoms with Gasteiger partial charge in [-0.3, -0.25) is 0 Å². The average Bonchev–Trinajstić information content (AvgIpc) is 2.60. The van der Waals surface area contributed by atoms with Crippen molar-refractivity contribution in [3.63, 3.8) is 0 Å². The summed E-state index contributed by atoms with van der Waals surface area (Å²) in [6.45, 7) is 0.727. The van der Waals surface area contributed by atoms with Crippen LogP contribution in [0.15, 0.2) is 10.7 Å². The van der Waals surface area contributed by atoms with Crippen LogP contribution in [0.1, 0.15) is 62.2 Å². The van der Waals surface area contributed by atoms with Crippen molar-refractivity contribution < 1.29 is 4.52 Å². The molecule has 3 nitrogen and oxygen atoms in total. The van der Waals surface area contributed by atoms with Gasteiger partial charge in [0.1, 0.15) is 5.76 Å². The van der Waals surface area contributed by atoms with Gasteiger partial charge in [-0.05, 0) is 31.7 Å². The first-order chi connectivity index (χ1) is 7.92. The Hall–Kier alpha value is -0.830. The summed E-state index contributed by atoms with van der Waals surface area (Å²) in [5.74, 6) is 1.76. The number of aromatic nitrogens is 1. The van der Waals surface area contributed by atoms with Gasteiger partial charge in [-0.2, -0.15) is 0 Å². The van der Waals surface area contributed by atoms with E-state index in [2.05, 4.69) is 5.16 Å². The summed E-state index contributed by atoms with van der Waals surface area (Å²) in [5, 5.41) is 3.97. The quantitative estimate of drug-likeness (QED) is 0.797. The molecule has 0 radical (unpaired) electrons. The van der Waals surface area contributed by atoms with Crippen LogP contribution in [0.25, 0.3) is 0 Å². The highest BCUT2D eigenvalue weighted by Crippen LogP contribution is 2.33. The van der Waals surface area contributed by atoms with E-state index in [1.807, 2.05) is 6.20 Å². The molecular weight excluding hydrogens is 200 g/mol. The number of hydrogen-bond donors (Lipinski definition) is 1. The molecule has 1 aromatic heterocycles. The number of aryl methyl sites for hydroxylation is 1. The fourth-order valence-electron chi connectivity index (χ4n) is 2.65. The molecule has 0 saturated heterocycles. The van der Waals surface area contributed by atoms with Gasteiger partial charge in [0.15, 0.2) is 0 Å². The second kappa shape index (κ2) is 6.04. The largest absolute Gasteiger partial charge is 0.361 e. The van der Waals surface area contributed by atoms with Gasteiger partial charge in [0.2, 0.25) is 0 Å². The van der Waals surface area contributed by atoms with Crippen molar-refractivity contribution in [1.82, 2.24) is 5.16 Å². The molecule has 0 amide bonds. The van der Waals surface area contributed by atoms with Crippen LogP contribution in [0.4, 0.5) is 0 Å². The maximum absolute atomic E-state index is 5.54. The first-order valence-electron chi connectivity index (χ1n) is 6.55. The topological polar surface area (TPSA) is 52.0 Å². The van der Waals surface area contributed by atoms with Crippen LogP contribution in [-0.2, 0) is 6.42 Å². The normalized spacial score (nSPS) is 18.6. The Morgan fingerprint density at radius 1 is 1.25 bits per heavy atom. The first kappa shape index (κ1) is 11.6. The fourth-order valence-corrected chi connectivity index (χ4v) is 2.65. The van der Waals surface area contributed by atoms with Gasteiger partial charge in [-0.15, -0.1) is 0 Å². The standard InChI is InChI=1S/C13H22N2O/c14-9-5-8-13-12(10-15-16-13)11-6-3-1-2-4-7-11/h10-11H,1-9,14H2. The SMILES string of the molecule is NCCCc1oncc1C1CCCCCC1. The van der Waals surface area contributed by atoms with E-state index in [1.165, 1.54) is 44.1 Å². The zero-order chi connectivity index (χ0) is 11.2. The summed E-state index contributed by atoms with van der Waals surface area (Å²) < 4.78 is 5.36. The molecule has 1 heterocycles. The highest BCUT2D eigenvalue weighted by Gasteiger charge is 2.20. The summed E-state index contributed by atoms with van der Waals surface area (Å²) >= 11 is 0. The van der Waals surface area contributed by atoms with Crippen molar-refractivity contribution in [3.05, 3.63) is 17.5 Å². The number of hydrogen-bond acceptors (Lipinski definition) is 3. The molecule has 1 aliphatic rings. The summed E-state index contributed by atoms with van der Waals surface area (Å²) in [4.78, 5) is 0. The maximum Gasteiger partial charge on any atom is 0.140 e. The minimum Gasteiger partial charge on any atom is -0.361 e. The molecule has 0 aliphatic heterocycles. The van der Waals surface area contributed by atoms with Gasteiger partial charge < -0.3 is 10.3 Å². The van der Waals surface area contributed by atoms with Crippen molar-refractivity contribution >= 4 is 0 Å². The highest BCUT2D eigenvalue weighted by atomic mass is 16.5. The Balaban J connectivity index is 2.03. The van der Waals surface area contributed by atoms with Crippen LogP contribution < -0.4 is 5.73 Å². The van der Waals surface area contributed by atoms with Crippen molar-refractivity contribution in [1.29, 1.82) is 0 Å². The summed E-state index contributed by atoms with van der Waals surface area (Å²) in [6, 6.07) is 0. The zero-order valence-electron chi connectivity index (χ0n) is 9.95. The lowest BCUT2D eigenvalue weighted by atomic mass is 9.91. The Morgan fingerprint density at radius 2 is 2.00 bits per heavy atom. The van der Waals surface area contributed by atoms with Crippen LogP contribution in [0.5, 0.6) is 0 Å². The molecule has 1 aliphatic carbocycles. The van der Waals surface area contributed by atoms with Crippen molar-refractivity contribution in [2.75, 3.05) is 6.54 Å². The third kappa shape index (κ3) is 2.85. The molecule has 1 aromatic rings. The van der Waals surface area contributed by atoms with E-state index in [9.17, 15) is 0 Å². The third-order valence-corrected chi connectivity index (χ3v) is 3.58. The zero-order valence-corrected chi connectivity index (χ0v) is 9.95. The van der Waals surface area contributed by atoms with Crippen molar-refractivity contribution in [2.45, 2.75) is 57.3 Å². The molecular formula is C13H22N2O. The lowest BCUT2D eigenvalue weighted by Gasteiger charge is -2.12. The van der Waals surface area contributed by atoms with E-state index in [0.717, 1.165) is 25.1 Å². The van der Waals surface area contributed by atoms with Crippen molar-refractivity contribution in [3.8, 4) is 0 Å². The van der Waals surface area contributed by atoms with Gasteiger partial charge in [-0.25, -0.2) is 0 Å². The molecule has 90 valence electrons. The number of rotatable bonds is 4. The van der Waals surface area contributed by atoms with E-state index in [1.54, 1.807) is 0 Å². The second-order valence-corrected chi connectivity index (χ2v) is 4.79. The minimum atomic E-state index is 0.682. The average molecular weight is 222 g/mol. The van der Waals surface area contributed by atoms with Gasteiger partial charge in [0, 0.05) is 12.0 Å². The van der Waals surface area contributed by atoms with E-state index in [0.29, 0.717) is 5.92 Å². The van der Waals surface area contributed by atoms with E-state index < -0.39 is 0 Å². The van der Waals surface area contributed by atoms with E-state index in [4.69, 9.17) is 10.3 Å². The molecule has 0 spiro atoms. The Kier molecular flexibility index (Phi) is 4.40. The van der Waals surface area contributed by atoms with E-state index in [-0.39, 0.29) is 0 Å². The van der Waals surface area contributed by atoms with Crippen LogP contribution in [-0.4, -0.2) is 11.7 Å². The van der Waals surface area contributed by atoms with Crippen molar-refractivity contribution in [2.24, 2.45) is 5.73 Å². The van der Waals surface area contributed by atoms with Crippen LogP contribution >= 0.6 is 0 Å². The molecule has 0 atom stereocenters. The molecule has 0 bridgehead atoms. The molecule has 2 N–H and O–H groups in total. The van der Waals surface area contributed by atoms with Crippen LogP contribution in [0, 0.1) is 0 Å². The molecule has 1 saturated carbocycles. The Morgan fingerprint density at radius 3 is 2.69 bits per heavy atom. The summed E-state index contributed by atoms with van der Waals surface area (Å²) in [5.41, 5.74) is 6.89. The smallest absolute Gasteiger partial charge is 0.140 e. The summed E-state index contributed by atoms with van der Waals surface area (Å²) in [7, 11) is 0. The molecule has 1 fully saturated rings. The molecule has 0 aromatic carbocycles. The lowest BCUT2D eigenvalue weighted by Crippen LogP contribution is -2.03. The van der Waals surface area contributed by atoms with Gasteiger partial charge >= 0.3 is 0 Å². The minimum absolute atomic E-state index is 0.682. The Labute approximate surface area is 97.4 Å². The molecule has 16 heavy (non-hydrogen) atoms. The van der Waals surface area contributed by atoms with Gasteiger partial charge in [0.05, 0.1) is 6.20 Å². The van der Waals surface area contributed by atoms with E-state index >= 15 is 0 Å². The van der Waals surface area contributed by atoms with Crippen LogP contribution in [0.3, 0.4) is 0 Å². The maximum atomic E-state index is 5.54. The Bertz CT molecular complexity index is 301. The highest BCUT2D eigenvalue weighted by molar-refractivity contribution is 5.19. The third-order valence-electron chi connectivity index (χ3n) is 3.58. The predicted molar refractivity (Wildman–Crippen MR) is 64.3 cm³/mol. The predicted octanol–water partition coefficient (Wildman–Crippen LogP) is 3.00. The molecule has 0 unspecified atom stereocenters. The van der Waals surface area contributed by atoms with Gasteiger partial charge in [-0.1, -0.05) is 30.8 Å².